The van der Waals surface area contributed by atoms with Crippen molar-refractivity contribution < 1.29 is 14.0 Å². The maximum atomic E-state index is 13.7. The third-order valence-electron chi connectivity index (χ3n) is 5.65. The summed E-state index contributed by atoms with van der Waals surface area (Å²) >= 11 is 12.3. The zero-order valence-corrected chi connectivity index (χ0v) is 18.8. The van der Waals surface area contributed by atoms with Crippen LogP contribution in [-0.2, 0) is 16.1 Å². The summed E-state index contributed by atoms with van der Waals surface area (Å²) in [4.78, 5) is 27.8. The van der Waals surface area contributed by atoms with Crippen LogP contribution in [0, 0.1) is 5.82 Å². The summed E-state index contributed by atoms with van der Waals surface area (Å²) in [6.07, 6.45) is 6.23. The SMILES string of the molecule is O=C(NC1CCCCCC1)[C@@H](c1ccc(F)cc1Cl)N(Cc1ccccc1)C(=O)CCl. The Hall–Kier alpha value is -2.11. The number of hydrogen-bond acceptors (Lipinski definition) is 2. The van der Waals surface area contributed by atoms with E-state index >= 15 is 0 Å². The van der Waals surface area contributed by atoms with Crippen LogP contribution < -0.4 is 5.32 Å². The molecular weight excluding hydrogens is 438 g/mol. The Morgan fingerprint density at radius 1 is 1.06 bits per heavy atom. The molecule has 0 bridgehead atoms. The van der Waals surface area contributed by atoms with E-state index in [0.717, 1.165) is 50.2 Å². The summed E-state index contributed by atoms with van der Waals surface area (Å²) in [7, 11) is 0. The highest BCUT2D eigenvalue weighted by molar-refractivity contribution is 6.31. The molecule has 1 aliphatic carbocycles. The number of halogens is 3. The van der Waals surface area contributed by atoms with Crippen LogP contribution in [0.15, 0.2) is 48.5 Å². The molecule has 0 saturated heterocycles. The van der Waals surface area contributed by atoms with E-state index in [4.69, 9.17) is 23.2 Å². The zero-order chi connectivity index (χ0) is 22.2. The van der Waals surface area contributed by atoms with E-state index in [1.165, 1.54) is 17.0 Å². The van der Waals surface area contributed by atoms with E-state index in [9.17, 15) is 14.0 Å². The first-order valence-corrected chi connectivity index (χ1v) is 11.6. The molecule has 4 nitrogen and oxygen atoms in total. The van der Waals surface area contributed by atoms with Crippen LogP contribution in [0.4, 0.5) is 4.39 Å². The summed E-state index contributed by atoms with van der Waals surface area (Å²) in [5.74, 6) is -1.50. The van der Waals surface area contributed by atoms with E-state index in [0.29, 0.717) is 5.56 Å². The lowest BCUT2D eigenvalue weighted by atomic mass is 10.0. The number of carbonyl (C=O) groups excluding carboxylic acids is 2. The molecule has 0 unspecified atom stereocenters. The lowest BCUT2D eigenvalue weighted by molar-refractivity contribution is -0.140. The number of hydrogen-bond donors (Lipinski definition) is 1. The maximum absolute atomic E-state index is 13.7. The van der Waals surface area contributed by atoms with Crippen LogP contribution in [-0.4, -0.2) is 28.6 Å². The molecule has 1 aliphatic rings. The van der Waals surface area contributed by atoms with E-state index in [-0.39, 0.29) is 29.4 Å². The highest BCUT2D eigenvalue weighted by atomic mass is 35.5. The van der Waals surface area contributed by atoms with Gasteiger partial charge in [0.15, 0.2) is 0 Å². The van der Waals surface area contributed by atoms with E-state index in [1.807, 2.05) is 30.3 Å². The smallest absolute Gasteiger partial charge is 0.247 e. The first-order chi connectivity index (χ1) is 15.0. The van der Waals surface area contributed by atoms with Gasteiger partial charge in [0.05, 0.1) is 0 Å². The van der Waals surface area contributed by atoms with Gasteiger partial charge in [0, 0.05) is 23.2 Å². The van der Waals surface area contributed by atoms with Crippen molar-refractivity contribution in [1.82, 2.24) is 10.2 Å². The minimum atomic E-state index is -1.01. The number of amides is 2. The predicted octanol–water partition coefficient (Wildman–Crippen LogP) is 5.63. The molecule has 2 amide bonds. The molecule has 7 heteroatoms. The van der Waals surface area contributed by atoms with Gasteiger partial charge in [0.2, 0.25) is 11.8 Å². The highest BCUT2D eigenvalue weighted by Gasteiger charge is 2.34. The van der Waals surface area contributed by atoms with Gasteiger partial charge in [0.1, 0.15) is 17.7 Å². The van der Waals surface area contributed by atoms with E-state index in [2.05, 4.69) is 5.32 Å². The number of carbonyl (C=O) groups is 2. The van der Waals surface area contributed by atoms with Crippen molar-refractivity contribution in [2.45, 2.75) is 57.2 Å². The first-order valence-electron chi connectivity index (χ1n) is 10.6. The molecular formula is C24H27Cl2FN2O2. The summed E-state index contributed by atoms with van der Waals surface area (Å²) < 4.78 is 13.7. The van der Waals surface area contributed by atoms with Gasteiger partial charge in [0.25, 0.3) is 0 Å². The van der Waals surface area contributed by atoms with Crippen LogP contribution in [0.25, 0.3) is 0 Å². The molecule has 1 atom stereocenters. The molecule has 1 saturated carbocycles. The van der Waals surface area contributed by atoms with Gasteiger partial charge in [-0.25, -0.2) is 4.39 Å². The molecule has 0 heterocycles. The molecule has 2 aromatic rings. The van der Waals surface area contributed by atoms with Crippen molar-refractivity contribution in [2.75, 3.05) is 5.88 Å². The monoisotopic (exact) mass is 464 g/mol. The highest BCUT2D eigenvalue weighted by Crippen LogP contribution is 2.31. The molecule has 1 fully saturated rings. The van der Waals surface area contributed by atoms with Crippen molar-refractivity contribution in [3.05, 3.63) is 70.5 Å². The average molecular weight is 465 g/mol. The number of nitrogens with one attached hydrogen (secondary N) is 1. The van der Waals surface area contributed by atoms with Crippen LogP contribution in [0.5, 0.6) is 0 Å². The second-order valence-electron chi connectivity index (χ2n) is 7.91. The Kier molecular flexibility index (Phi) is 8.73. The Balaban J connectivity index is 1.97. The van der Waals surface area contributed by atoms with Crippen LogP contribution in [0.3, 0.4) is 0 Å². The fraction of sp³-hybridized carbons (Fsp3) is 0.417. The van der Waals surface area contributed by atoms with Crippen LogP contribution in [0.2, 0.25) is 5.02 Å². The van der Waals surface area contributed by atoms with E-state index < -0.39 is 17.8 Å². The molecule has 0 aromatic heterocycles. The van der Waals surface area contributed by atoms with Crippen molar-refractivity contribution in [2.24, 2.45) is 0 Å². The lowest BCUT2D eigenvalue weighted by Crippen LogP contribution is -2.46. The molecule has 0 spiro atoms. The average Bonchev–Trinajstić information content (AvgIpc) is 3.03. The van der Waals surface area contributed by atoms with Crippen molar-refractivity contribution in [1.29, 1.82) is 0 Å². The van der Waals surface area contributed by atoms with Gasteiger partial charge >= 0.3 is 0 Å². The number of rotatable bonds is 7. The summed E-state index contributed by atoms with van der Waals surface area (Å²) in [5.41, 5.74) is 1.23. The molecule has 1 N–H and O–H groups in total. The second kappa shape index (κ2) is 11.5. The number of benzene rings is 2. The first kappa shape index (κ1) is 23.6. The Morgan fingerprint density at radius 2 is 1.74 bits per heavy atom. The van der Waals surface area contributed by atoms with Gasteiger partial charge < -0.3 is 10.2 Å². The van der Waals surface area contributed by atoms with E-state index in [1.54, 1.807) is 0 Å². The third-order valence-corrected chi connectivity index (χ3v) is 6.21. The third kappa shape index (κ3) is 6.44. The fourth-order valence-electron chi connectivity index (χ4n) is 4.06. The normalized spacial score (nSPS) is 15.7. The number of nitrogens with zero attached hydrogens (tertiary/aromatic N) is 1. The Bertz CT molecular complexity index is 886. The minimum Gasteiger partial charge on any atom is -0.351 e. The standard InChI is InChI=1S/C24H27Cl2FN2O2/c25-15-22(30)29(16-17-8-4-3-5-9-17)23(20-13-12-18(27)14-21(20)26)24(31)28-19-10-6-1-2-7-11-19/h3-5,8-9,12-14,19,23H,1-2,6-7,10-11,15-16H2,(H,28,31)/t23-/m1/s1. The number of alkyl halides is 1. The topological polar surface area (TPSA) is 49.4 Å². The lowest BCUT2D eigenvalue weighted by Gasteiger charge is -2.33. The molecule has 0 radical (unpaired) electrons. The maximum Gasteiger partial charge on any atom is 0.247 e. The van der Waals surface area contributed by atoms with Gasteiger partial charge in [-0.3, -0.25) is 9.59 Å². The molecule has 31 heavy (non-hydrogen) atoms. The molecule has 0 aliphatic heterocycles. The van der Waals surface area contributed by atoms with Gasteiger partial charge in [-0.2, -0.15) is 0 Å². The molecule has 3 rings (SSSR count). The van der Waals surface area contributed by atoms with Crippen LogP contribution in [0.1, 0.15) is 55.7 Å². The summed E-state index contributed by atoms with van der Waals surface area (Å²) in [6.45, 7) is 0.183. The quantitative estimate of drug-likeness (QED) is 0.426. The summed E-state index contributed by atoms with van der Waals surface area (Å²) in [6, 6.07) is 12.3. The molecule has 2 aromatic carbocycles. The van der Waals surface area contributed by atoms with Crippen LogP contribution >= 0.6 is 23.2 Å². The predicted molar refractivity (Wildman–Crippen MR) is 121 cm³/mol. The molecule has 166 valence electrons. The van der Waals surface area contributed by atoms with Crippen molar-refractivity contribution in [3.8, 4) is 0 Å². The van der Waals surface area contributed by atoms with Gasteiger partial charge in [-0.15, -0.1) is 11.6 Å². The van der Waals surface area contributed by atoms with Crippen molar-refractivity contribution >= 4 is 35.0 Å². The van der Waals surface area contributed by atoms with Gasteiger partial charge in [-0.1, -0.05) is 73.7 Å². The van der Waals surface area contributed by atoms with Gasteiger partial charge in [-0.05, 0) is 30.5 Å². The van der Waals surface area contributed by atoms with Crippen molar-refractivity contribution in [3.63, 3.8) is 0 Å². The minimum absolute atomic E-state index is 0.0430. The largest absolute Gasteiger partial charge is 0.351 e. The fourth-order valence-corrected chi connectivity index (χ4v) is 4.48. The zero-order valence-electron chi connectivity index (χ0n) is 17.3. The second-order valence-corrected chi connectivity index (χ2v) is 8.58. The Labute approximate surface area is 192 Å². The summed E-state index contributed by atoms with van der Waals surface area (Å²) in [5, 5.41) is 3.21. The Morgan fingerprint density at radius 3 is 2.35 bits per heavy atom.